The van der Waals surface area contributed by atoms with Crippen molar-refractivity contribution in [1.82, 2.24) is 0 Å². The molecule has 0 aromatic heterocycles. The summed E-state index contributed by atoms with van der Waals surface area (Å²) in [5, 5.41) is 9.29. The highest BCUT2D eigenvalue weighted by molar-refractivity contribution is 9.10. The number of carbonyl (C=O) groups excluding carboxylic acids is 1. The maximum absolute atomic E-state index is 13.4. The Morgan fingerprint density at radius 3 is 2.50 bits per heavy atom. The minimum Gasteiger partial charge on any atom is -0.467 e. The molecule has 3 nitrogen and oxygen atoms in total. The number of esters is 1. The Morgan fingerprint density at radius 2 is 2.00 bits per heavy atom. The zero-order valence-electron chi connectivity index (χ0n) is 7.93. The van der Waals surface area contributed by atoms with Crippen LogP contribution in [0.25, 0.3) is 0 Å². The van der Waals surface area contributed by atoms with Gasteiger partial charge in [0.2, 0.25) is 0 Å². The molecule has 0 amide bonds. The molecule has 1 aromatic rings. The van der Waals surface area contributed by atoms with Crippen LogP contribution in [0.3, 0.4) is 0 Å². The zero-order valence-corrected chi connectivity index (χ0v) is 9.52. The molecule has 0 saturated heterocycles. The second-order valence-electron chi connectivity index (χ2n) is 2.82. The van der Waals surface area contributed by atoms with Crippen molar-refractivity contribution in [2.45, 2.75) is 6.10 Å². The average Bonchev–Trinajstić information content (AvgIpc) is 2.29. The van der Waals surface area contributed by atoms with Gasteiger partial charge < -0.3 is 9.84 Å². The summed E-state index contributed by atoms with van der Waals surface area (Å²) in [4.78, 5) is 10.9. The van der Waals surface area contributed by atoms with Crippen LogP contribution >= 0.6 is 15.9 Å². The van der Waals surface area contributed by atoms with Crippen LogP contribution in [0.2, 0.25) is 0 Å². The third-order valence-electron chi connectivity index (χ3n) is 1.85. The maximum atomic E-state index is 13.4. The first kappa shape index (κ1) is 13.0. The molecular formula is C9H6BrF3O3. The summed E-state index contributed by atoms with van der Waals surface area (Å²) in [6.07, 6.45) is -2.00. The molecule has 1 N–H and O–H groups in total. The quantitative estimate of drug-likeness (QED) is 0.516. The molecule has 0 aliphatic rings. The van der Waals surface area contributed by atoms with Gasteiger partial charge in [-0.15, -0.1) is 0 Å². The fourth-order valence-corrected chi connectivity index (χ4v) is 1.45. The molecule has 16 heavy (non-hydrogen) atoms. The van der Waals surface area contributed by atoms with Gasteiger partial charge in [-0.05, 0) is 22.0 Å². The minimum absolute atomic E-state index is 0.400. The number of carbonyl (C=O) groups is 1. The van der Waals surface area contributed by atoms with E-state index in [9.17, 15) is 23.1 Å². The highest BCUT2D eigenvalue weighted by Crippen LogP contribution is 2.29. The van der Waals surface area contributed by atoms with E-state index < -0.39 is 39.6 Å². The van der Waals surface area contributed by atoms with Gasteiger partial charge in [0.15, 0.2) is 17.7 Å². The number of rotatable bonds is 2. The second kappa shape index (κ2) is 4.84. The number of benzene rings is 1. The van der Waals surface area contributed by atoms with Gasteiger partial charge in [0.05, 0.1) is 11.6 Å². The van der Waals surface area contributed by atoms with Crippen LogP contribution in [0, 0.1) is 17.5 Å². The molecule has 1 aromatic carbocycles. The summed E-state index contributed by atoms with van der Waals surface area (Å²) >= 11 is 2.47. The smallest absolute Gasteiger partial charge is 0.339 e. The van der Waals surface area contributed by atoms with Crippen LogP contribution in [0.1, 0.15) is 11.7 Å². The van der Waals surface area contributed by atoms with Gasteiger partial charge in [-0.3, -0.25) is 0 Å². The first-order chi connectivity index (χ1) is 7.40. The third kappa shape index (κ3) is 2.19. The van der Waals surface area contributed by atoms with E-state index in [4.69, 9.17) is 0 Å². The van der Waals surface area contributed by atoms with Crippen LogP contribution in [0.4, 0.5) is 13.2 Å². The van der Waals surface area contributed by atoms with Crippen molar-refractivity contribution < 1.29 is 27.8 Å². The van der Waals surface area contributed by atoms with E-state index in [1.165, 1.54) is 0 Å². The lowest BCUT2D eigenvalue weighted by atomic mass is 10.1. The van der Waals surface area contributed by atoms with E-state index in [2.05, 4.69) is 20.7 Å². The molecule has 0 heterocycles. The van der Waals surface area contributed by atoms with Crippen molar-refractivity contribution in [3.8, 4) is 0 Å². The van der Waals surface area contributed by atoms with Gasteiger partial charge in [0.1, 0.15) is 5.82 Å². The van der Waals surface area contributed by atoms with Gasteiger partial charge >= 0.3 is 5.97 Å². The lowest BCUT2D eigenvalue weighted by Gasteiger charge is -2.11. The highest BCUT2D eigenvalue weighted by atomic mass is 79.9. The maximum Gasteiger partial charge on any atom is 0.339 e. The number of ether oxygens (including phenoxy) is 1. The molecule has 0 spiro atoms. The van der Waals surface area contributed by atoms with Crippen molar-refractivity contribution in [3.63, 3.8) is 0 Å². The van der Waals surface area contributed by atoms with E-state index in [1.807, 2.05) is 0 Å². The average molecular weight is 299 g/mol. The van der Waals surface area contributed by atoms with Gasteiger partial charge in [-0.1, -0.05) is 0 Å². The molecule has 0 fully saturated rings. The summed E-state index contributed by atoms with van der Waals surface area (Å²) in [5.41, 5.74) is -0.697. The normalized spacial score (nSPS) is 12.4. The van der Waals surface area contributed by atoms with Crippen LogP contribution in [0.5, 0.6) is 0 Å². The predicted molar refractivity (Wildman–Crippen MR) is 51.0 cm³/mol. The van der Waals surface area contributed by atoms with Gasteiger partial charge in [-0.2, -0.15) is 0 Å². The number of aliphatic hydroxyl groups is 1. The predicted octanol–water partition coefficient (Wildman–Crippen LogP) is 2.07. The van der Waals surface area contributed by atoms with Crippen molar-refractivity contribution in [2.75, 3.05) is 7.11 Å². The lowest BCUT2D eigenvalue weighted by Crippen LogP contribution is -2.16. The fraction of sp³-hybridized carbons (Fsp3) is 0.222. The van der Waals surface area contributed by atoms with Crippen molar-refractivity contribution >= 4 is 21.9 Å². The monoisotopic (exact) mass is 298 g/mol. The number of hydrogen-bond donors (Lipinski definition) is 1. The van der Waals surface area contributed by atoms with Crippen molar-refractivity contribution in [1.29, 1.82) is 0 Å². The van der Waals surface area contributed by atoms with Crippen LogP contribution in [-0.4, -0.2) is 18.2 Å². The first-order valence-electron chi connectivity index (χ1n) is 3.99. The summed E-state index contributed by atoms with van der Waals surface area (Å²) in [6.45, 7) is 0. The Kier molecular flexibility index (Phi) is 3.93. The third-order valence-corrected chi connectivity index (χ3v) is 2.55. The Morgan fingerprint density at radius 1 is 1.44 bits per heavy atom. The highest BCUT2D eigenvalue weighted by Gasteiger charge is 2.26. The van der Waals surface area contributed by atoms with E-state index in [0.29, 0.717) is 6.07 Å². The Balaban J connectivity index is 3.30. The molecule has 88 valence electrons. The zero-order chi connectivity index (χ0) is 12.5. The van der Waals surface area contributed by atoms with Gasteiger partial charge in [-0.25, -0.2) is 18.0 Å². The molecule has 0 aliphatic heterocycles. The molecule has 1 atom stereocenters. The van der Waals surface area contributed by atoms with E-state index in [-0.39, 0.29) is 0 Å². The summed E-state index contributed by atoms with van der Waals surface area (Å²) < 4.78 is 42.5. The molecule has 0 saturated carbocycles. The standard InChI is InChI=1S/C9H6BrF3O3/c1-16-9(15)8(14)3-2-4(11)7(13)5(10)6(3)12/h2,8,14H,1H3. The van der Waals surface area contributed by atoms with E-state index in [1.54, 1.807) is 0 Å². The minimum atomic E-state index is -2.00. The largest absolute Gasteiger partial charge is 0.467 e. The number of aliphatic hydroxyl groups excluding tert-OH is 1. The van der Waals surface area contributed by atoms with E-state index >= 15 is 0 Å². The second-order valence-corrected chi connectivity index (χ2v) is 3.61. The topological polar surface area (TPSA) is 46.5 Å². The van der Waals surface area contributed by atoms with Crippen molar-refractivity contribution in [2.24, 2.45) is 0 Å². The van der Waals surface area contributed by atoms with Gasteiger partial charge in [0, 0.05) is 5.56 Å². The van der Waals surface area contributed by atoms with Crippen LogP contribution in [-0.2, 0) is 9.53 Å². The van der Waals surface area contributed by atoms with Crippen molar-refractivity contribution in [3.05, 3.63) is 33.6 Å². The molecule has 1 unspecified atom stereocenters. The van der Waals surface area contributed by atoms with E-state index in [0.717, 1.165) is 7.11 Å². The fourth-order valence-electron chi connectivity index (χ4n) is 1.03. The molecule has 0 bridgehead atoms. The number of methoxy groups -OCH3 is 1. The molecule has 1 rings (SSSR count). The SMILES string of the molecule is COC(=O)C(O)c1cc(F)c(F)c(Br)c1F. The summed E-state index contributed by atoms with van der Waals surface area (Å²) in [6, 6.07) is 0.400. The molecule has 7 heteroatoms. The molecule has 0 radical (unpaired) electrons. The molecule has 0 aliphatic carbocycles. The number of hydrogen-bond acceptors (Lipinski definition) is 3. The number of halogens is 4. The molecular weight excluding hydrogens is 293 g/mol. The lowest BCUT2D eigenvalue weighted by molar-refractivity contribution is -0.150. The Labute approximate surface area is 97.0 Å². The summed E-state index contributed by atoms with van der Waals surface area (Å²) in [7, 11) is 0.971. The first-order valence-corrected chi connectivity index (χ1v) is 4.78. The Bertz CT molecular complexity index is 436. The van der Waals surface area contributed by atoms with Gasteiger partial charge in [0.25, 0.3) is 0 Å². The Hall–Kier alpha value is -1.08. The van der Waals surface area contributed by atoms with Crippen LogP contribution in [0.15, 0.2) is 10.5 Å². The van der Waals surface area contributed by atoms with Crippen LogP contribution < -0.4 is 0 Å². The summed E-state index contributed by atoms with van der Waals surface area (Å²) in [5.74, 6) is -5.24.